The minimum absolute atomic E-state index is 0. The number of carboxylic acid groups (broad SMARTS) is 1. The summed E-state index contributed by atoms with van der Waals surface area (Å²) < 4.78 is 4.24. The van der Waals surface area contributed by atoms with Crippen LogP contribution in [0.2, 0.25) is 0 Å². The molecule has 0 saturated carbocycles. The summed E-state index contributed by atoms with van der Waals surface area (Å²) in [6, 6.07) is 0. The normalized spacial score (nSPS) is 8.09. The predicted octanol–water partition coefficient (Wildman–Crippen LogP) is -3.92. The molecule has 0 aromatic heterocycles. The molecule has 4 nitrogen and oxygen atoms in total. The van der Waals surface area contributed by atoms with Crippen LogP contribution >= 0.6 is 0 Å². The minimum atomic E-state index is -1.78. The van der Waals surface area contributed by atoms with Gasteiger partial charge in [0.25, 0.3) is 0 Å². The van der Waals surface area contributed by atoms with Gasteiger partial charge >= 0.3 is 57.4 Å². The van der Waals surface area contributed by atoms with Crippen molar-refractivity contribution >= 4 is 11.9 Å². The van der Waals surface area contributed by atoms with Crippen molar-refractivity contribution in [2.75, 3.05) is 6.61 Å². The number of aliphatic carboxylic acids is 1. The Hall–Kier alpha value is 0.576. The maximum Gasteiger partial charge on any atom is 1.00 e. The molecule has 0 spiro atoms. The van der Waals surface area contributed by atoms with Crippen LogP contribution in [-0.2, 0) is 14.3 Å². The first kappa shape index (κ1) is 14.1. The van der Waals surface area contributed by atoms with E-state index < -0.39 is 11.9 Å². The second kappa shape index (κ2) is 8.67. The van der Waals surface area contributed by atoms with Crippen LogP contribution in [0.25, 0.3) is 0 Å². The first-order valence-corrected chi connectivity index (χ1v) is 3.06. The van der Waals surface area contributed by atoms with Crippen molar-refractivity contribution in [2.45, 2.75) is 19.8 Å². The fraction of sp³-hybridized carbons (Fsp3) is 0.667. The van der Waals surface area contributed by atoms with E-state index in [1.54, 1.807) is 0 Å². The molecule has 0 saturated heterocycles. The van der Waals surface area contributed by atoms with E-state index in [0.717, 1.165) is 6.42 Å². The van der Waals surface area contributed by atoms with E-state index in [1.165, 1.54) is 0 Å². The summed E-state index contributed by atoms with van der Waals surface area (Å²) in [6.45, 7) is 2.07. The van der Waals surface area contributed by atoms with E-state index in [9.17, 15) is 14.7 Å². The van der Waals surface area contributed by atoms with Gasteiger partial charge in [-0.15, -0.1) is 0 Å². The fourth-order valence-corrected chi connectivity index (χ4v) is 0.368. The van der Waals surface area contributed by atoms with Crippen LogP contribution in [0.1, 0.15) is 19.8 Å². The van der Waals surface area contributed by atoms with Gasteiger partial charge in [0.1, 0.15) is 0 Å². The number of carbonyl (C=O) groups is 2. The Morgan fingerprint density at radius 2 is 2.00 bits per heavy atom. The van der Waals surface area contributed by atoms with E-state index in [2.05, 4.69) is 4.74 Å². The Labute approximate surface area is 108 Å². The van der Waals surface area contributed by atoms with Gasteiger partial charge < -0.3 is 14.6 Å². The number of esters is 1. The third-order valence-electron chi connectivity index (χ3n) is 0.898. The zero-order valence-corrected chi connectivity index (χ0v) is 9.88. The molecule has 0 atom stereocenters. The molecule has 0 aromatic rings. The van der Waals surface area contributed by atoms with Crippen molar-refractivity contribution in [1.29, 1.82) is 0 Å². The number of unbranched alkanes of at least 4 members (excludes halogenated alkanes) is 1. The summed E-state index contributed by atoms with van der Waals surface area (Å²) in [5.41, 5.74) is 0. The molecule has 0 amide bonds. The van der Waals surface area contributed by atoms with Gasteiger partial charge in [0.15, 0.2) is 5.97 Å². The molecule has 0 N–H and O–H groups in total. The smallest absolute Gasteiger partial charge is 0.539 e. The van der Waals surface area contributed by atoms with Crippen LogP contribution in [0.4, 0.5) is 0 Å². The molecule has 0 radical (unpaired) electrons. The number of carbonyl (C=O) groups excluding carboxylic acids is 2. The molecule has 11 heavy (non-hydrogen) atoms. The van der Waals surface area contributed by atoms with Crippen molar-refractivity contribution in [1.82, 2.24) is 0 Å². The summed E-state index contributed by atoms with van der Waals surface area (Å²) in [6.07, 6.45) is 1.54. The second-order valence-corrected chi connectivity index (χ2v) is 1.78. The van der Waals surface area contributed by atoms with Crippen LogP contribution < -0.4 is 56.5 Å². The Bertz CT molecular complexity index is 135. The summed E-state index contributed by atoms with van der Waals surface area (Å²) in [7, 11) is 0. The summed E-state index contributed by atoms with van der Waals surface area (Å²) in [4.78, 5) is 19.8. The molecular weight excluding hydrogens is 175 g/mol. The molecule has 58 valence electrons. The quantitative estimate of drug-likeness (QED) is 0.194. The Morgan fingerprint density at radius 1 is 1.45 bits per heavy atom. The summed E-state index contributed by atoms with van der Waals surface area (Å²) in [5.74, 6) is -3.07. The number of carboxylic acids is 1. The predicted molar refractivity (Wildman–Crippen MR) is 30.9 cm³/mol. The van der Waals surface area contributed by atoms with E-state index in [4.69, 9.17) is 0 Å². The van der Waals surface area contributed by atoms with E-state index in [1.807, 2.05) is 6.92 Å². The van der Waals surface area contributed by atoms with Crippen LogP contribution in [0.15, 0.2) is 0 Å². The van der Waals surface area contributed by atoms with Gasteiger partial charge in [0.2, 0.25) is 0 Å². The van der Waals surface area contributed by atoms with E-state index in [-0.39, 0.29) is 58.0 Å². The summed E-state index contributed by atoms with van der Waals surface area (Å²) in [5, 5.41) is 9.71. The Kier molecular flexibility index (Phi) is 11.1. The molecule has 0 aromatic carbocycles. The third-order valence-corrected chi connectivity index (χ3v) is 0.898. The van der Waals surface area contributed by atoms with Crippen LogP contribution in [0.5, 0.6) is 0 Å². The van der Waals surface area contributed by atoms with Gasteiger partial charge in [-0.2, -0.15) is 0 Å². The van der Waals surface area contributed by atoms with Crippen molar-refractivity contribution in [3.63, 3.8) is 0 Å². The van der Waals surface area contributed by atoms with Crippen molar-refractivity contribution in [2.24, 2.45) is 0 Å². The Balaban J connectivity index is 0. The fourth-order valence-electron chi connectivity index (χ4n) is 0.368. The van der Waals surface area contributed by atoms with Gasteiger partial charge in [-0.1, -0.05) is 13.3 Å². The van der Waals surface area contributed by atoms with Crippen molar-refractivity contribution in [3.05, 3.63) is 0 Å². The third kappa shape index (κ3) is 8.48. The van der Waals surface area contributed by atoms with Crippen molar-refractivity contribution < 1.29 is 70.8 Å². The van der Waals surface area contributed by atoms with Crippen LogP contribution in [-0.4, -0.2) is 18.5 Å². The van der Waals surface area contributed by atoms with Crippen molar-refractivity contribution in [3.8, 4) is 0 Å². The van der Waals surface area contributed by atoms with Gasteiger partial charge in [-0.05, 0) is 6.42 Å². The van der Waals surface area contributed by atoms with E-state index in [0.29, 0.717) is 6.42 Å². The van der Waals surface area contributed by atoms with Gasteiger partial charge in [-0.3, -0.25) is 0 Å². The Morgan fingerprint density at radius 3 is 2.36 bits per heavy atom. The van der Waals surface area contributed by atoms with Crippen LogP contribution in [0, 0.1) is 0 Å². The average Bonchev–Trinajstić information content (AvgIpc) is 1.88. The standard InChI is InChI=1S/C6H10O4.K/c1-2-3-4-10-6(9)5(7)8;/h2-4H2,1H3,(H,7,8);/q;+1/p-1. The molecule has 0 heterocycles. The maximum absolute atomic E-state index is 10.1. The first-order chi connectivity index (χ1) is 4.68. The first-order valence-electron chi connectivity index (χ1n) is 3.06. The molecule has 0 aliphatic rings. The maximum atomic E-state index is 10.1. The molecule has 0 rings (SSSR count). The average molecular weight is 184 g/mol. The molecule has 0 aliphatic heterocycles. The number of ether oxygens (including phenoxy) is 1. The monoisotopic (exact) mass is 184 g/mol. The van der Waals surface area contributed by atoms with E-state index >= 15 is 0 Å². The zero-order valence-electron chi connectivity index (χ0n) is 6.75. The molecule has 5 heteroatoms. The largest absolute Gasteiger partial charge is 1.00 e. The SMILES string of the molecule is CCCCOC(=O)C(=O)[O-].[K+]. The minimum Gasteiger partial charge on any atom is -0.539 e. The molecule has 0 fully saturated rings. The van der Waals surface area contributed by atoms with Gasteiger partial charge in [-0.25, -0.2) is 4.79 Å². The molecule has 0 bridgehead atoms. The topological polar surface area (TPSA) is 66.4 Å². The number of hydrogen-bond acceptors (Lipinski definition) is 4. The number of hydrogen-bond donors (Lipinski definition) is 0. The van der Waals surface area contributed by atoms with Gasteiger partial charge in [0, 0.05) is 0 Å². The van der Waals surface area contributed by atoms with Crippen LogP contribution in [0.3, 0.4) is 0 Å². The molecule has 0 unspecified atom stereocenters. The molecule has 0 aliphatic carbocycles. The second-order valence-electron chi connectivity index (χ2n) is 1.78. The molecular formula is C6H9KO4. The number of rotatable bonds is 3. The van der Waals surface area contributed by atoms with Gasteiger partial charge in [0.05, 0.1) is 6.61 Å². The summed E-state index contributed by atoms with van der Waals surface area (Å²) >= 11 is 0. The zero-order chi connectivity index (χ0) is 7.98.